The van der Waals surface area contributed by atoms with Gasteiger partial charge in [-0.2, -0.15) is 0 Å². The number of ether oxygens (including phenoxy) is 1. The molecule has 1 fully saturated rings. The molecule has 1 aromatic carbocycles. The van der Waals surface area contributed by atoms with Crippen molar-refractivity contribution in [3.8, 4) is 5.75 Å². The van der Waals surface area contributed by atoms with Gasteiger partial charge < -0.3 is 9.64 Å². The largest absolute Gasteiger partial charge is 0.484 e. The van der Waals surface area contributed by atoms with E-state index < -0.39 is 4.92 Å². The van der Waals surface area contributed by atoms with Gasteiger partial charge in [0.25, 0.3) is 11.6 Å². The SMILES string of the molecule is CCN(C(=O)COc1ccc([N+](=O)[O-])c(Cl)c1)C1CC1. The molecule has 108 valence electrons. The van der Waals surface area contributed by atoms with Gasteiger partial charge in [0.05, 0.1) is 4.92 Å². The van der Waals surface area contributed by atoms with E-state index in [4.69, 9.17) is 16.3 Å². The summed E-state index contributed by atoms with van der Waals surface area (Å²) < 4.78 is 5.35. The summed E-state index contributed by atoms with van der Waals surface area (Å²) in [5, 5.41) is 10.6. The first-order valence-corrected chi connectivity index (χ1v) is 6.77. The van der Waals surface area contributed by atoms with Crippen LogP contribution >= 0.6 is 11.6 Å². The van der Waals surface area contributed by atoms with Crippen LogP contribution in [-0.2, 0) is 4.79 Å². The van der Waals surface area contributed by atoms with Crippen molar-refractivity contribution >= 4 is 23.2 Å². The van der Waals surface area contributed by atoms with Gasteiger partial charge in [0.1, 0.15) is 10.8 Å². The van der Waals surface area contributed by atoms with Crippen molar-refractivity contribution in [3.05, 3.63) is 33.3 Å². The average Bonchev–Trinajstić information content (AvgIpc) is 3.21. The first-order chi connectivity index (χ1) is 9.52. The second kappa shape index (κ2) is 6.09. The molecule has 0 aliphatic heterocycles. The number of hydrogen-bond acceptors (Lipinski definition) is 4. The number of halogens is 1. The van der Waals surface area contributed by atoms with Crippen LogP contribution in [0.3, 0.4) is 0 Å². The Bertz CT molecular complexity index is 531. The third-order valence-electron chi connectivity index (χ3n) is 3.13. The highest BCUT2D eigenvalue weighted by molar-refractivity contribution is 6.32. The molecule has 2 rings (SSSR count). The molecule has 6 nitrogen and oxygen atoms in total. The Labute approximate surface area is 121 Å². The van der Waals surface area contributed by atoms with E-state index in [1.807, 2.05) is 6.92 Å². The number of hydrogen-bond donors (Lipinski definition) is 0. The summed E-state index contributed by atoms with van der Waals surface area (Å²) in [5.41, 5.74) is -0.182. The number of amides is 1. The van der Waals surface area contributed by atoms with Gasteiger partial charge in [0.2, 0.25) is 0 Å². The van der Waals surface area contributed by atoms with Gasteiger partial charge >= 0.3 is 0 Å². The van der Waals surface area contributed by atoms with Gasteiger partial charge in [-0.1, -0.05) is 11.6 Å². The Morgan fingerprint density at radius 3 is 2.75 bits per heavy atom. The molecular formula is C13H15ClN2O4. The minimum absolute atomic E-state index is 0.00510. The summed E-state index contributed by atoms with van der Waals surface area (Å²) >= 11 is 5.77. The monoisotopic (exact) mass is 298 g/mol. The first kappa shape index (κ1) is 14.6. The van der Waals surface area contributed by atoms with Crippen LogP contribution < -0.4 is 4.74 Å². The fraction of sp³-hybridized carbons (Fsp3) is 0.462. The number of carbonyl (C=O) groups is 1. The lowest BCUT2D eigenvalue weighted by Gasteiger charge is -2.20. The second-order valence-electron chi connectivity index (χ2n) is 4.57. The molecule has 1 aliphatic carbocycles. The van der Waals surface area contributed by atoms with Gasteiger partial charge in [-0.25, -0.2) is 0 Å². The molecule has 0 radical (unpaired) electrons. The number of carbonyl (C=O) groups excluding carboxylic acids is 1. The Morgan fingerprint density at radius 1 is 1.55 bits per heavy atom. The topological polar surface area (TPSA) is 72.7 Å². The zero-order chi connectivity index (χ0) is 14.7. The molecule has 0 spiro atoms. The van der Waals surface area contributed by atoms with Crippen molar-refractivity contribution in [2.45, 2.75) is 25.8 Å². The van der Waals surface area contributed by atoms with Crippen molar-refractivity contribution in [2.75, 3.05) is 13.2 Å². The quantitative estimate of drug-likeness (QED) is 0.598. The minimum atomic E-state index is -0.566. The number of likely N-dealkylation sites (N-methyl/N-ethyl adjacent to an activating group) is 1. The molecule has 0 saturated heterocycles. The molecule has 0 heterocycles. The highest BCUT2D eigenvalue weighted by Gasteiger charge is 2.31. The van der Waals surface area contributed by atoms with Crippen LogP contribution in [0.5, 0.6) is 5.75 Å². The van der Waals surface area contributed by atoms with Crippen LogP contribution in [0.2, 0.25) is 5.02 Å². The third kappa shape index (κ3) is 3.39. The Hall–Kier alpha value is -1.82. The van der Waals surface area contributed by atoms with Gasteiger partial charge in [-0.3, -0.25) is 14.9 Å². The maximum absolute atomic E-state index is 11.9. The molecule has 1 aromatic rings. The van der Waals surface area contributed by atoms with Crippen molar-refractivity contribution in [1.82, 2.24) is 4.90 Å². The zero-order valence-corrected chi connectivity index (χ0v) is 11.8. The Kier molecular flexibility index (Phi) is 4.44. The number of benzene rings is 1. The standard InChI is InChI=1S/C13H15ClN2O4/c1-2-15(9-3-4-9)13(17)8-20-10-5-6-12(16(18)19)11(14)7-10/h5-7,9H,2-4,8H2,1H3. The van der Waals surface area contributed by atoms with Crippen LogP contribution in [0, 0.1) is 10.1 Å². The maximum atomic E-state index is 11.9. The number of nitro benzene ring substituents is 1. The molecule has 0 aromatic heterocycles. The van der Waals surface area contributed by atoms with Crippen molar-refractivity contribution < 1.29 is 14.5 Å². The van der Waals surface area contributed by atoms with E-state index in [1.54, 1.807) is 4.90 Å². The third-order valence-corrected chi connectivity index (χ3v) is 3.43. The van der Waals surface area contributed by atoms with Crippen molar-refractivity contribution in [2.24, 2.45) is 0 Å². The van der Waals surface area contributed by atoms with Crippen LogP contribution in [0.15, 0.2) is 18.2 Å². The van der Waals surface area contributed by atoms with Crippen LogP contribution in [0.1, 0.15) is 19.8 Å². The molecule has 1 aliphatic rings. The Balaban J connectivity index is 1.95. The predicted molar refractivity (Wildman–Crippen MR) is 74.0 cm³/mol. The molecule has 0 N–H and O–H groups in total. The molecule has 1 saturated carbocycles. The molecule has 20 heavy (non-hydrogen) atoms. The second-order valence-corrected chi connectivity index (χ2v) is 4.98. The van der Waals surface area contributed by atoms with Crippen molar-refractivity contribution in [1.29, 1.82) is 0 Å². The van der Waals surface area contributed by atoms with E-state index in [-0.39, 0.29) is 23.2 Å². The Morgan fingerprint density at radius 2 is 2.25 bits per heavy atom. The lowest BCUT2D eigenvalue weighted by atomic mass is 10.3. The minimum Gasteiger partial charge on any atom is -0.484 e. The highest BCUT2D eigenvalue weighted by Crippen LogP contribution is 2.29. The van der Waals surface area contributed by atoms with Gasteiger partial charge in [-0.15, -0.1) is 0 Å². The van der Waals surface area contributed by atoms with Crippen LogP contribution in [0.4, 0.5) is 5.69 Å². The van der Waals surface area contributed by atoms with Crippen molar-refractivity contribution in [3.63, 3.8) is 0 Å². The average molecular weight is 299 g/mol. The maximum Gasteiger partial charge on any atom is 0.288 e. The molecule has 0 atom stereocenters. The van der Waals surface area contributed by atoms with E-state index in [0.717, 1.165) is 12.8 Å². The summed E-state index contributed by atoms with van der Waals surface area (Å²) in [6.45, 7) is 2.51. The molecule has 0 unspecified atom stereocenters. The molecule has 0 bridgehead atoms. The molecule has 7 heteroatoms. The van der Waals surface area contributed by atoms with Crippen LogP contribution in [0.25, 0.3) is 0 Å². The van der Waals surface area contributed by atoms with E-state index in [9.17, 15) is 14.9 Å². The van der Waals surface area contributed by atoms with Gasteiger partial charge in [-0.05, 0) is 25.8 Å². The smallest absolute Gasteiger partial charge is 0.288 e. The van der Waals surface area contributed by atoms with E-state index in [1.165, 1.54) is 18.2 Å². The highest BCUT2D eigenvalue weighted by atomic mass is 35.5. The number of nitro groups is 1. The summed E-state index contributed by atoms with van der Waals surface area (Å²) in [4.78, 5) is 23.8. The zero-order valence-electron chi connectivity index (χ0n) is 11.0. The predicted octanol–water partition coefficient (Wildman–Crippen LogP) is 2.64. The lowest BCUT2D eigenvalue weighted by molar-refractivity contribution is -0.384. The fourth-order valence-electron chi connectivity index (χ4n) is 1.98. The molecule has 1 amide bonds. The molecular weight excluding hydrogens is 284 g/mol. The van der Waals surface area contributed by atoms with E-state index in [0.29, 0.717) is 18.3 Å². The lowest BCUT2D eigenvalue weighted by Crippen LogP contribution is -2.36. The summed E-state index contributed by atoms with van der Waals surface area (Å²) in [6, 6.07) is 4.39. The van der Waals surface area contributed by atoms with E-state index in [2.05, 4.69) is 0 Å². The number of rotatable bonds is 6. The summed E-state index contributed by atoms with van der Waals surface area (Å²) in [6.07, 6.45) is 2.09. The van der Waals surface area contributed by atoms with Gasteiger partial charge in [0.15, 0.2) is 6.61 Å². The number of nitrogens with zero attached hydrogens (tertiary/aromatic N) is 2. The van der Waals surface area contributed by atoms with Gasteiger partial charge in [0, 0.05) is 24.7 Å². The normalized spacial score (nSPS) is 13.9. The fourth-order valence-corrected chi connectivity index (χ4v) is 2.22. The first-order valence-electron chi connectivity index (χ1n) is 6.39. The summed E-state index contributed by atoms with van der Waals surface area (Å²) in [7, 11) is 0. The summed E-state index contributed by atoms with van der Waals surface area (Å²) in [5.74, 6) is 0.269. The van der Waals surface area contributed by atoms with Crippen LogP contribution in [-0.4, -0.2) is 34.9 Å². The van der Waals surface area contributed by atoms with E-state index >= 15 is 0 Å².